The molecular formula is C14H23NO2. The van der Waals surface area contributed by atoms with Gasteiger partial charge >= 0.3 is 0 Å². The van der Waals surface area contributed by atoms with Crippen molar-refractivity contribution in [2.45, 2.75) is 46.2 Å². The molecule has 0 saturated heterocycles. The summed E-state index contributed by atoms with van der Waals surface area (Å²) in [4.78, 5) is 0. The van der Waals surface area contributed by atoms with Gasteiger partial charge in [0.2, 0.25) is 0 Å². The van der Waals surface area contributed by atoms with Gasteiger partial charge in [0.15, 0.2) is 11.5 Å². The number of benzene rings is 1. The molecule has 0 aliphatic carbocycles. The highest BCUT2D eigenvalue weighted by Gasteiger charge is 2.05. The van der Waals surface area contributed by atoms with Gasteiger partial charge in [-0.25, -0.2) is 0 Å². The van der Waals surface area contributed by atoms with Gasteiger partial charge in [0.1, 0.15) is 0 Å². The number of rotatable bonds is 6. The molecule has 1 unspecified atom stereocenters. The molecule has 0 aliphatic rings. The van der Waals surface area contributed by atoms with E-state index in [0.29, 0.717) is 12.6 Å². The lowest BCUT2D eigenvalue weighted by molar-refractivity contribution is 0.402. The van der Waals surface area contributed by atoms with Crippen LogP contribution in [0.25, 0.3) is 0 Å². The van der Waals surface area contributed by atoms with E-state index >= 15 is 0 Å². The summed E-state index contributed by atoms with van der Waals surface area (Å²) in [5.41, 5.74) is 0.983. The van der Waals surface area contributed by atoms with E-state index < -0.39 is 0 Å². The molecule has 0 aromatic heterocycles. The first kappa shape index (κ1) is 13.8. The Bertz CT molecular complexity index is 350. The Balaban J connectivity index is 2.36. The van der Waals surface area contributed by atoms with E-state index in [4.69, 9.17) is 0 Å². The van der Waals surface area contributed by atoms with E-state index in [0.717, 1.165) is 17.9 Å². The lowest BCUT2D eigenvalue weighted by Crippen LogP contribution is -2.25. The van der Waals surface area contributed by atoms with Crippen molar-refractivity contribution < 1.29 is 10.2 Å². The summed E-state index contributed by atoms with van der Waals surface area (Å²) in [6.07, 6.45) is 2.37. The Hall–Kier alpha value is -1.22. The topological polar surface area (TPSA) is 52.5 Å². The van der Waals surface area contributed by atoms with Crippen LogP contribution < -0.4 is 5.32 Å². The van der Waals surface area contributed by atoms with Crippen LogP contribution in [0.4, 0.5) is 0 Å². The zero-order valence-electron chi connectivity index (χ0n) is 10.9. The molecule has 96 valence electrons. The smallest absolute Gasteiger partial charge is 0.157 e. The lowest BCUT2D eigenvalue weighted by Gasteiger charge is -2.15. The molecule has 1 aromatic rings. The minimum atomic E-state index is -0.0680. The van der Waals surface area contributed by atoms with Gasteiger partial charge in [-0.1, -0.05) is 19.9 Å². The molecule has 0 spiro atoms. The first-order chi connectivity index (χ1) is 7.99. The van der Waals surface area contributed by atoms with Crippen LogP contribution in [0.1, 0.15) is 39.2 Å². The van der Waals surface area contributed by atoms with Gasteiger partial charge in [-0.15, -0.1) is 0 Å². The van der Waals surface area contributed by atoms with Crippen molar-refractivity contribution in [1.29, 1.82) is 0 Å². The molecule has 1 atom stereocenters. The van der Waals surface area contributed by atoms with Crippen LogP contribution >= 0.6 is 0 Å². The molecule has 3 nitrogen and oxygen atoms in total. The minimum absolute atomic E-state index is 0.0564. The summed E-state index contributed by atoms with van der Waals surface area (Å²) >= 11 is 0. The van der Waals surface area contributed by atoms with Gasteiger partial charge in [-0.2, -0.15) is 0 Å². The normalized spacial score (nSPS) is 12.9. The molecule has 0 aliphatic heterocycles. The van der Waals surface area contributed by atoms with Crippen molar-refractivity contribution in [3.63, 3.8) is 0 Å². The third-order valence-corrected chi connectivity index (χ3v) is 2.87. The van der Waals surface area contributed by atoms with E-state index in [1.807, 2.05) is 6.07 Å². The maximum Gasteiger partial charge on any atom is 0.157 e. The molecule has 17 heavy (non-hydrogen) atoms. The van der Waals surface area contributed by atoms with Crippen molar-refractivity contribution >= 4 is 0 Å². The maximum absolute atomic E-state index is 9.36. The predicted molar refractivity (Wildman–Crippen MR) is 70.1 cm³/mol. The summed E-state index contributed by atoms with van der Waals surface area (Å²) in [5.74, 6) is 0.609. The molecule has 0 heterocycles. The van der Waals surface area contributed by atoms with E-state index in [9.17, 15) is 10.2 Å². The third-order valence-electron chi connectivity index (χ3n) is 2.87. The lowest BCUT2D eigenvalue weighted by atomic mass is 10.0. The van der Waals surface area contributed by atoms with Gasteiger partial charge in [-0.3, -0.25) is 0 Å². The predicted octanol–water partition coefficient (Wildman–Crippen LogP) is 3.01. The zero-order valence-corrected chi connectivity index (χ0v) is 10.9. The Kier molecular flexibility index (Phi) is 5.29. The molecule has 0 saturated carbocycles. The van der Waals surface area contributed by atoms with Crippen LogP contribution in [0.5, 0.6) is 11.5 Å². The average Bonchev–Trinajstić information content (AvgIpc) is 2.28. The monoisotopic (exact) mass is 237 g/mol. The first-order valence-corrected chi connectivity index (χ1v) is 6.23. The quantitative estimate of drug-likeness (QED) is 0.667. The fourth-order valence-corrected chi connectivity index (χ4v) is 1.66. The van der Waals surface area contributed by atoms with E-state index in [2.05, 4.69) is 26.1 Å². The van der Waals surface area contributed by atoms with Crippen LogP contribution in [0.2, 0.25) is 0 Å². The molecule has 0 radical (unpaired) electrons. The highest BCUT2D eigenvalue weighted by Crippen LogP contribution is 2.24. The van der Waals surface area contributed by atoms with Gasteiger partial charge in [0, 0.05) is 12.6 Å². The van der Waals surface area contributed by atoms with Crippen molar-refractivity contribution in [3.05, 3.63) is 23.8 Å². The van der Waals surface area contributed by atoms with Crippen molar-refractivity contribution in [2.24, 2.45) is 5.92 Å². The highest BCUT2D eigenvalue weighted by molar-refractivity contribution is 5.40. The number of phenolic OH excluding ortho intramolecular Hbond substituents is 2. The molecule has 3 heteroatoms. The fraction of sp³-hybridized carbons (Fsp3) is 0.571. The standard InChI is InChI=1S/C14H23NO2/c1-10(2)4-5-11(3)15-9-12-6-7-13(16)14(17)8-12/h6-8,10-11,15-17H,4-5,9H2,1-3H3. The molecule has 0 amide bonds. The second-order valence-electron chi connectivity index (χ2n) is 5.08. The van der Waals surface area contributed by atoms with Crippen LogP contribution in [0, 0.1) is 5.92 Å². The number of nitrogens with one attached hydrogen (secondary N) is 1. The van der Waals surface area contributed by atoms with Crippen LogP contribution in [0.15, 0.2) is 18.2 Å². The molecule has 0 fully saturated rings. The van der Waals surface area contributed by atoms with Gasteiger partial charge in [0.25, 0.3) is 0 Å². The number of hydrogen-bond acceptors (Lipinski definition) is 3. The zero-order chi connectivity index (χ0) is 12.8. The number of phenols is 2. The van der Waals surface area contributed by atoms with Crippen LogP contribution in [0.3, 0.4) is 0 Å². The van der Waals surface area contributed by atoms with Crippen LogP contribution in [-0.4, -0.2) is 16.3 Å². The molecule has 3 N–H and O–H groups in total. The molecule has 0 bridgehead atoms. The summed E-state index contributed by atoms with van der Waals surface area (Å²) in [6.45, 7) is 7.34. The molecule has 1 rings (SSSR count). The summed E-state index contributed by atoms with van der Waals surface area (Å²) in [7, 11) is 0. The van der Waals surface area contributed by atoms with Crippen molar-refractivity contribution in [3.8, 4) is 11.5 Å². The Labute approximate surface area is 103 Å². The van der Waals surface area contributed by atoms with Gasteiger partial charge in [-0.05, 0) is 43.4 Å². The third kappa shape index (κ3) is 5.09. The number of hydrogen-bond donors (Lipinski definition) is 3. The van der Waals surface area contributed by atoms with E-state index in [1.54, 1.807) is 6.07 Å². The highest BCUT2D eigenvalue weighted by atomic mass is 16.3. The van der Waals surface area contributed by atoms with E-state index in [1.165, 1.54) is 12.5 Å². The number of aromatic hydroxyl groups is 2. The molecular weight excluding hydrogens is 214 g/mol. The first-order valence-electron chi connectivity index (χ1n) is 6.23. The Morgan fingerprint density at radius 1 is 1.06 bits per heavy atom. The summed E-state index contributed by atoms with van der Waals surface area (Å²) < 4.78 is 0. The van der Waals surface area contributed by atoms with Crippen LogP contribution in [-0.2, 0) is 6.54 Å². The van der Waals surface area contributed by atoms with Crippen molar-refractivity contribution in [1.82, 2.24) is 5.32 Å². The average molecular weight is 237 g/mol. The van der Waals surface area contributed by atoms with E-state index in [-0.39, 0.29) is 11.5 Å². The summed E-state index contributed by atoms with van der Waals surface area (Å²) in [6, 6.07) is 5.40. The second kappa shape index (κ2) is 6.50. The van der Waals surface area contributed by atoms with Gasteiger partial charge in [0.05, 0.1) is 0 Å². The van der Waals surface area contributed by atoms with Gasteiger partial charge < -0.3 is 15.5 Å². The minimum Gasteiger partial charge on any atom is -0.504 e. The van der Waals surface area contributed by atoms with Crippen molar-refractivity contribution in [2.75, 3.05) is 0 Å². The summed E-state index contributed by atoms with van der Waals surface area (Å²) in [5, 5.41) is 22.0. The second-order valence-corrected chi connectivity index (χ2v) is 5.08. The Morgan fingerprint density at radius 3 is 2.35 bits per heavy atom. The fourth-order valence-electron chi connectivity index (χ4n) is 1.66. The SMILES string of the molecule is CC(C)CCC(C)NCc1ccc(O)c(O)c1. The Morgan fingerprint density at radius 2 is 1.76 bits per heavy atom. The largest absolute Gasteiger partial charge is 0.504 e. The maximum atomic E-state index is 9.36. The molecule has 1 aromatic carbocycles.